The molecule has 0 aliphatic heterocycles. The van der Waals surface area contributed by atoms with E-state index in [9.17, 15) is 4.39 Å². The maximum Gasteiger partial charge on any atom is 0.128 e. The SMILES string of the molecule is CC(C)CNCc1ccc(F)c(Cn2cc(I)cn2)c1. The molecule has 20 heavy (non-hydrogen) atoms. The highest BCUT2D eigenvalue weighted by atomic mass is 127. The predicted octanol–water partition coefficient (Wildman–Crippen LogP) is 3.42. The van der Waals surface area contributed by atoms with E-state index in [1.54, 1.807) is 10.9 Å². The van der Waals surface area contributed by atoms with Gasteiger partial charge < -0.3 is 5.32 Å². The fourth-order valence-electron chi connectivity index (χ4n) is 1.96. The van der Waals surface area contributed by atoms with E-state index in [1.165, 1.54) is 6.07 Å². The number of hydrogen-bond donors (Lipinski definition) is 1. The lowest BCUT2D eigenvalue weighted by atomic mass is 10.1. The third kappa shape index (κ3) is 4.56. The maximum absolute atomic E-state index is 13.8. The van der Waals surface area contributed by atoms with E-state index in [1.807, 2.05) is 18.3 Å². The number of aromatic nitrogens is 2. The Kier molecular flexibility index (Phi) is 5.54. The molecule has 1 aromatic heterocycles. The van der Waals surface area contributed by atoms with Gasteiger partial charge in [-0.2, -0.15) is 5.10 Å². The lowest BCUT2D eigenvalue weighted by Gasteiger charge is -2.10. The third-order valence-corrected chi connectivity index (χ3v) is 3.48. The van der Waals surface area contributed by atoms with E-state index in [4.69, 9.17) is 0 Å². The Morgan fingerprint density at radius 1 is 1.40 bits per heavy atom. The van der Waals surface area contributed by atoms with Crippen LogP contribution in [0.3, 0.4) is 0 Å². The molecule has 0 aliphatic rings. The Balaban J connectivity index is 2.04. The first-order chi connectivity index (χ1) is 9.54. The van der Waals surface area contributed by atoms with Crippen LogP contribution in [0.5, 0.6) is 0 Å². The van der Waals surface area contributed by atoms with Gasteiger partial charge in [0.05, 0.1) is 16.3 Å². The van der Waals surface area contributed by atoms with Gasteiger partial charge >= 0.3 is 0 Å². The molecule has 2 rings (SSSR count). The van der Waals surface area contributed by atoms with Gasteiger partial charge in [0.15, 0.2) is 0 Å². The van der Waals surface area contributed by atoms with Crippen molar-refractivity contribution in [1.29, 1.82) is 0 Å². The summed E-state index contributed by atoms with van der Waals surface area (Å²) in [6.45, 7) is 6.53. The Morgan fingerprint density at radius 2 is 2.20 bits per heavy atom. The van der Waals surface area contributed by atoms with Crippen LogP contribution >= 0.6 is 22.6 Å². The third-order valence-electron chi connectivity index (χ3n) is 2.93. The van der Waals surface area contributed by atoms with Crippen molar-refractivity contribution in [3.63, 3.8) is 0 Å². The number of rotatable bonds is 6. The summed E-state index contributed by atoms with van der Waals surface area (Å²) >= 11 is 2.20. The van der Waals surface area contributed by atoms with Crippen LogP contribution in [0.2, 0.25) is 0 Å². The molecule has 5 heteroatoms. The summed E-state index contributed by atoms with van der Waals surface area (Å²) in [4.78, 5) is 0. The zero-order valence-electron chi connectivity index (χ0n) is 11.7. The molecule has 0 saturated heterocycles. The highest BCUT2D eigenvalue weighted by molar-refractivity contribution is 14.1. The molecule has 1 N–H and O–H groups in total. The van der Waals surface area contributed by atoms with E-state index < -0.39 is 0 Å². The fourth-order valence-corrected chi connectivity index (χ4v) is 2.41. The molecular weight excluding hydrogens is 368 g/mol. The van der Waals surface area contributed by atoms with Gasteiger partial charge in [0.25, 0.3) is 0 Å². The summed E-state index contributed by atoms with van der Waals surface area (Å²) < 4.78 is 16.7. The van der Waals surface area contributed by atoms with Gasteiger partial charge in [0, 0.05) is 18.3 Å². The van der Waals surface area contributed by atoms with Gasteiger partial charge in [-0.05, 0) is 52.7 Å². The van der Waals surface area contributed by atoms with Crippen molar-refractivity contribution in [2.45, 2.75) is 26.9 Å². The molecule has 0 radical (unpaired) electrons. The van der Waals surface area contributed by atoms with Gasteiger partial charge in [-0.3, -0.25) is 4.68 Å². The number of nitrogens with zero attached hydrogens (tertiary/aromatic N) is 2. The molecule has 0 spiro atoms. The van der Waals surface area contributed by atoms with E-state index in [2.05, 4.69) is 46.9 Å². The first-order valence-corrected chi connectivity index (χ1v) is 7.78. The Bertz CT molecular complexity index is 566. The number of nitrogens with one attached hydrogen (secondary N) is 1. The Hall–Kier alpha value is -0.950. The maximum atomic E-state index is 13.8. The topological polar surface area (TPSA) is 29.9 Å². The van der Waals surface area contributed by atoms with Crippen LogP contribution in [0.4, 0.5) is 4.39 Å². The number of hydrogen-bond acceptors (Lipinski definition) is 2. The van der Waals surface area contributed by atoms with E-state index in [0.29, 0.717) is 18.0 Å². The molecule has 0 fully saturated rings. The minimum Gasteiger partial charge on any atom is -0.312 e. The van der Waals surface area contributed by atoms with Crippen molar-refractivity contribution < 1.29 is 4.39 Å². The minimum atomic E-state index is -0.178. The summed E-state index contributed by atoms with van der Waals surface area (Å²) in [6.07, 6.45) is 3.68. The van der Waals surface area contributed by atoms with Crippen LogP contribution in [0.25, 0.3) is 0 Å². The summed E-state index contributed by atoms with van der Waals surface area (Å²) in [5, 5.41) is 7.56. The lowest BCUT2D eigenvalue weighted by molar-refractivity contribution is 0.549. The van der Waals surface area contributed by atoms with Crippen LogP contribution in [0.15, 0.2) is 30.6 Å². The van der Waals surface area contributed by atoms with Gasteiger partial charge in [0.1, 0.15) is 5.82 Å². The number of halogens is 2. The molecule has 2 aromatic rings. The van der Waals surface area contributed by atoms with Crippen molar-refractivity contribution in [1.82, 2.24) is 15.1 Å². The zero-order chi connectivity index (χ0) is 14.5. The van der Waals surface area contributed by atoms with Gasteiger partial charge in [-0.1, -0.05) is 19.9 Å². The fraction of sp³-hybridized carbons (Fsp3) is 0.400. The molecule has 1 aromatic carbocycles. The molecule has 0 atom stereocenters. The van der Waals surface area contributed by atoms with Crippen LogP contribution in [-0.2, 0) is 13.1 Å². The molecule has 0 amide bonds. The number of benzene rings is 1. The second-order valence-electron chi connectivity index (χ2n) is 5.31. The van der Waals surface area contributed by atoms with Gasteiger partial charge in [-0.15, -0.1) is 0 Å². The van der Waals surface area contributed by atoms with Crippen LogP contribution in [-0.4, -0.2) is 16.3 Å². The summed E-state index contributed by atoms with van der Waals surface area (Å²) in [5.41, 5.74) is 1.78. The normalized spacial score (nSPS) is 11.2. The zero-order valence-corrected chi connectivity index (χ0v) is 13.9. The Labute approximate surface area is 132 Å². The molecular formula is C15H19FIN3. The quantitative estimate of drug-likeness (QED) is 0.770. The van der Waals surface area contributed by atoms with Crippen LogP contribution in [0.1, 0.15) is 25.0 Å². The molecule has 0 aliphatic carbocycles. The van der Waals surface area contributed by atoms with Gasteiger partial charge in [0.2, 0.25) is 0 Å². The largest absolute Gasteiger partial charge is 0.312 e. The van der Waals surface area contributed by atoms with Crippen LogP contribution in [0, 0.1) is 15.3 Å². The Morgan fingerprint density at radius 3 is 2.85 bits per heavy atom. The molecule has 0 saturated carbocycles. The highest BCUT2D eigenvalue weighted by Crippen LogP contribution is 2.13. The molecule has 0 unspecified atom stereocenters. The first kappa shape index (κ1) is 15.4. The smallest absolute Gasteiger partial charge is 0.128 e. The molecule has 0 bridgehead atoms. The van der Waals surface area contributed by atoms with E-state index >= 15 is 0 Å². The molecule has 3 nitrogen and oxygen atoms in total. The standard InChI is InChI=1S/C15H19FIN3/c1-11(2)6-18-7-12-3-4-15(16)13(5-12)9-20-10-14(17)8-19-20/h3-5,8,10-11,18H,6-7,9H2,1-2H3. The van der Waals surface area contributed by atoms with Crippen molar-refractivity contribution in [3.8, 4) is 0 Å². The second-order valence-corrected chi connectivity index (χ2v) is 6.55. The van der Waals surface area contributed by atoms with Crippen molar-refractivity contribution in [3.05, 3.63) is 51.1 Å². The first-order valence-electron chi connectivity index (χ1n) is 6.70. The molecule has 1 heterocycles. The molecule has 108 valence electrons. The van der Waals surface area contributed by atoms with E-state index in [0.717, 1.165) is 22.2 Å². The summed E-state index contributed by atoms with van der Waals surface area (Å²) in [7, 11) is 0. The predicted molar refractivity (Wildman–Crippen MR) is 87.0 cm³/mol. The highest BCUT2D eigenvalue weighted by Gasteiger charge is 2.06. The lowest BCUT2D eigenvalue weighted by Crippen LogP contribution is -2.19. The monoisotopic (exact) mass is 387 g/mol. The van der Waals surface area contributed by atoms with Crippen LogP contribution < -0.4 is 5.32 Å². The second kappa shape index (κ2) is 7.17. The summed E-state index contributed by atoms with van der Waals surface area (Å²) in [6, 6.07) is 5.28. The van der Waals surface area contributed by atoms with Crippen molar-refractivity contribution in [2.24, 2.45) is 5.92 Å². The average molecular weight is 387 g/mol. The van der Waals surface area contributed by atoms with Gasteiger partial charge in [-0.25, -0.2) is 4.39 Å². The van der Waals surface area contributed by atoms with Crippen molar-refractivity contribution >= 4 is 22.6 Å². The summed E-state index contributed by atoms with van der Waals surface area (Å²) in [5.74, 6) is 0.434. The minimum absolute atomic E-state index is 0.178. The van der Waals surface area contributed by atoms with E-state index in [-0.39, 0.29) is 5.82 Å². The van der Waals surface area contributed by atoms with Crippen molar-refractivity contribution in [2.75, 3.05) is 6.54 Å². The average Bonchev–Trinajstić information content (AvgIpc) is 2.78.